The van der Waals surface area contributed by atoms with E-state index in [1.54, 1.807) is 6.92 Å². The van der Waals surface area contributed by atoms with Crippen molar-refractivity contribution in [2.24, 2.45) is 0 Å². The Bertz CT molecular complexity index is 550. The first-order valence-corrected chi connectivity index (χ1v) is 5.89. The average molecular weight is 237 g/mol. The molecule has 2 aromatic rings. The smallest absolute Gasteiger partial charge is 0.0997 e. The summed E-state index contributed by atoms with van der Waals surface area (Å²) < 4.78 is 0. The fourth-order valence-electron chi connectivity index (χ4n) is 1.91. The van der Waals surface area contributed by atoms with Gasteiger partial charge in [0.15, 0.2) is 0 Å². The van der Waals surface area contributed by atoms with Gasteiger partial charge < -0.3 is 5.11 Å². The molecule has 18 heavy (non-hydrogen) atoms. The zero-order chi connectivity index (χ0) is 13.0. The highest BCUT2D eigenvalue weighted by Crippen LogP contribution is 2.27. The van der Waals surface area contributed by atoms with Gasteiger partial charge in [-0.2, -0.15) is 5.26 Å². The molecule has 2 nitrogen and oxygen atoms in total. The molecule has 0 aliphatic rings. The third kappa shape index (κ3) is 2.58. The van der Waals surface area contributed by atoms with Crippen molar-refractivity contribution >= 4 is 0 Å². The minimum absolute atomic E-state index is 0.0949. The lowest BCUT2D eigenvalue weighted by molar-refractivity contribution is 0.0624. The van der Waals surface area contributed by atoms with Gasteiger partial charge in [-0.15, -0.1) is 0 Å². The van der Waals surface area contributed by atoms with Crippen LogP contribution in [0, 0.1) is 11.3 Å². The van der Waals surface area contributed by atoms with E-state index in [0.717, 1.165) is 16.7 Å². The normalized spacial score (nSPS) is 13.6. The first-order chi connectivity index (χ1) is 8.63. The summed E-state index contributed by atoms with van der Waals surface area (Å²) in [4.78, 5) is 0. The highest BCUT2D eigenvalue weighted by atomic mass is 16.3. The molecule has 2 heteroatoms. The van der Waals surface area contributed by atoms with Crippen molar-refractivity contribution in [3.05, 3.63) is 60.2 Å². The second kappa shape index (κ2) is 5.03. The predicted molar refractivity (Wildman–Crippen MR) is 71.7 cm³/mol. The van der Waals surface area contributed by atoms with Gasteiger partial charge >= 0.3 is 0 Å². The quantitative estimate of drug-likeness (QED) is 0.888. The van der Waals surface area contributed by atoms with Crippen LogP contribution in [0.5, 0.6) is 0 Å². The van der Waals surface area contributed by atoms with Crippen LogP contribution in [-0.4, -0.2) is 5.11 Å². The van der Waals surface area contributed by atoms with Crippen LogP contribution in [0.3, 0.4) is 0 Å². The van der Waals surface area contributed by atoms with Gasteiger partial charge in [-0.25, -0.2) is 0 Å². The molecule has 0 aliphatic heterocycles. The largest absolute Gasteiger partial charge is 0.384 e. The van der Waals surface area contributed by atoms with E-state index in [9.17, 15) is 5.11 Å². The molecule has 0 aliphatic carbocycles. The van der Waals surface area contributed by atoms with Crippen molar-refractivity contribution in [3.63, 3.8) is 0 Å². The van der Waals surface area contributed by atoms with Gasteiger partial charge in [0.1, 0.15) is 0 Å². The Balaban J connectivity index is 2.29. The molecular weight excluding hydrogens is 222 g/mol. The molecule has 0 radical (unpaired) electrons. The molecule has 1 atom stereocenters. The van der Waals surface area contributed by atoms with E-state index in [1.165, 1.54) is 0 Å². The number of nitrogens with zero attached hydrogens (tertiary/aromatic N) is 1. The third-order valence-corrected chi connectivity index (χ3v) is 3.04. The van der Waals surface area contributed by atoms with Crippen molar-refractivity contribution in [3.8, 4) is 17.2 Å². The lowest BCUT2D eigenvalue weighted by Crippen LogP contribution is -2.19. The molecule has 1 N–H and O–H groups in total. The van der Waals surface area contributed by atoms with Gasteiger partial charge in [-0.1, -0.05) is 54.6 Å². The lowest BCUT2D eigenvalue weighted by Gasteiger charge is -2.20. The zero-order valence-electron chi connectivity index (χ0n) is 10.3. The fourth-order valence-corrected chi connectivity index (χ4v) is 1.91. The summed E-state index contributed by atoms with van der Waals surface area (Å²) in [6, 6.07) is 19.7. The van der Waals surface area contributed by atoms with E-state index >= 15 is 0 Å². The summed E-state index contributed by atoms with van der Waals surface area (Å²) >= 11 is 0. The second-order valence-electron chi connectivity index (χ2n) is 4.55. The molecule has 0 spiro atoms. The number of aliphatic hydroxyl groups is 1. The van der Waals surface area contributed by atoms with Gasteiger partial charge in [-0.05, 0) is 23.6 Å². The maximum atomic E-state index is 10.1. The monoisotopic (exact) mass is 237 g/mol. The fraction of sp³-hybridized carbons (Fsp3) is 0.188. The highest BCUT2D eigenvalue weighted by Gasteiger charge is 2.22. The van der Waals surface area contributed by atoms with Crippen LogP contribution in [-0.2, 0) is 5.60 Å². The summed E-state index contributed by atoms with van der Waals surface area (Å²) in [5.74, 6) is 0. The summed E-state index contributed by atoms with van der Waals surface area (Å²) in [5.41, 5.74) is 1.93. The summed E-state index contributed by atoms with van der Waals surface area (Å²) in [6.07, 6.45) is 0.0949. The molecule has 0 amide bonds. The van der Waals surface area contributed by atoms with Crippen LogP contribution in [0.4, 0.5) is 0 Å². The summed E-state index contributed by atoms with van der Waals surface area (Å²) in [5, 5.41) is 18.8. The zero-order valence-corrected chi connectivity index (χ0v) is 10.3. The summed E-state index contributed by atoms with van der Waals surface area (Å²) in [6.45, 7) is 1.66. The van der Waals surface area contributed by atoms with Crippen LogP contribution in [0.2, 0.25) is 0 Å². The van der Waals surface area contributed by atoms with E-state index in [0.29, 0.717) is 0 Å². The molecule has 0 fully saturated rings. The molecule has 0 heterocycles. The van der Waals surface area contributed by atoms with Crippen molar-refractivity contribution < 1.29 is 5.11 Å². The number of rotatable bonds is 3. The van der Waals surface area contributed by atoms with Crippen LogP contribution < -0.4 is 0 Å². The Morgan fingerprint density at radius 2 is 1.56 bits per heavy atom. The van der Waals surface area contributed by atoms with E-state index in [1.807, 2.05) is 60.7 Å². The van der Waals surface area contributed by atoms with E-state index < -0.39 is 5.60 Å². The molecule has 2 aromatic carbocycles. The first kappa shape index (κ1) is 12.3. The van der Waals surface area contributed by atoms with E-state index in [4.69, 9.17) is 5.26 Å². The van der Waals surface area contributed by atoms with Gasteiger partial charge in [0.25, 0.3) is 0 Å². The van der Waals surface area contributed by atoms with Gasteiger partial charge in [0.05, 0.1) is 18.1 Å². The van der Waals surface area contributed by atoms with Crippen molar-refractivity contribution in [1.82, 2.24) is 0 Å². The van der Waals surface area contributed by atoms with Crippen molar-refractivity contribution in [1.29, 1.82) is 5.26 Å². The number of nitriles is 1. The summed E-state index contributed by atoms with van der Waals surface area (Å²) in [7, 11) is 0. The molecule has 2 rings (SSSR count). The SMILES string of the molecule is CC(O)(CC#N)c1ccc(-c2ccccc2)cc1. The third-order valence-electron chi connectivity index (χ3n) is 3.04. The molecule has 0 saturated heterocycles. The van der Waals surface area contributed by atoms with Crippen LogP contribution >= 0.6 is 0 Å². The lowest BCUT2D eigenvalue weighted by atomic mass is 9.91. The van der Waals surface area contributed by atoms with Crippen molar-refractivity contribution in [2.75, 3.05) is 0 Å². The van der Waals surface area contributed by atoms with Crippen LogP contribution in [0.15, 0.2) is 54.6 Å². The minimum atomic E-state index is -1.08. The standard InChI is InChI=1S/C16H15NO/c1-16(18,11-12-17)15-9-7-14(8-10-15)13-5-3-2-4-6-13/h2-10,18H,11H2,1H3. The minimum Gasteiger partial charge on any atom is -0.384 e. The molecule has 1 unspecified atom stereocenters. The molecule has 90 valence electrons. The maximum absolute atomic E-state index is 10.1. The predicted octanol–water partition coefficient (Wildman–Crippen LogP) is 3.47. The number of hydrogen-bond donors (Lipinski definition) is 1. The van der Waals surface area contributed by atoms with E-state index in [-0.39, 0.29) is 6.42 Å². The molecular formula is C16H15NO. The topological polar surface area (TPSA) is 44.0 Å². The number of benzene rings is 2. The Labute approximate surface area is 107 Å². The number of hydrogen-bond acceptors (Lipinski definition) is 2. The van der Waals surface area contributed by atoms with Crippen molar-refractivity contribution in [2.45, 2.75) is 18.9 Å². The molecule has 0 aromatic heterocycles. The van der Waals surface area contributed by atoms with E-state index in [2.05, 4.69) is 0 Å². The Hall–Kier alpha value is -2.11. The van der Waals surface area contributed by atoms with Gasteiger partial charge in [0.2, 0.25) is 0 Å². The first-order valence-electron chi connectivity index (χ1n) is 5.89. The Kier molecular flexibility index (Phi) is 3.45. The Morgan fingerprint density at radius 3 is 2.11 bits per heavy atom. The average Bonchev–Trinajstić information content (AvgIpc) is 2.40. The highest BCUT2D eigenvalue weighted by molar-refractivity contribution is 5.63. The Morgan fingerprint density at radius 1 is 1.00 bits per heavy atom. The maximum Gasteiger partial charge on any atom is 0.0997 e. The van der Waals surface area contributed by atoms with Crippen LogP contribution in [0.1, 0.15) is 18.9 Å². The second-order valence-corrected chi connectivity index (χ2v) is 4.55. The molecule has 0 bridgehead atoms. The molecule has 0 saturated carbocycles. The van der Waals surface area contributed by atoms with Gasteiger partial charge in [-0.3, -0.25) is 0 Å². The van der Waals surface area contributed by atoms with Crippen LogP contribution in [0.25, 0.3) is 11.1 Å². The van der Waals surface area contributed by atoms with Gasteiger partial charge in [0, 0.05) is 0 Å².